The highest BCUT2D eigenvalue weighted by Crippen LogP contribution is 2.39. The number of carbonyl (C=O) groups is 1. The third-order valence-corrected chi connectivity index (χ3v) is 4.56. The third kappa shape index (κ3) is 3.12. The number of fused-ring (bicyclic) bond motifs is 1. The van der Waals surface area contributed by atoms with Crippen LogP contribution < -0.4 is 14.8 Å². The van der Waals surface area contributed by atoms with Crippen molar-refractivity contribution in [1.82, 2.24) is 0 Å². The summed E-state index contributed by atoms with van der Waals surface area (Å²) >= 11 is 11.7. The molecule has 0 atom stereocenters. The van der Waals surface area contributed by atoms with Gasteiger partial charge < -0.3 is 14.8 Å². The van der Waals surface area contributed by atoms with Crippen molar-refractivity contribution in [3.05, 3.63) is 49.0 Å². The first kappa shape index (κ1) is 14.9. The van der Waals surface area contributed by atoms with Gasteiger partial charge in [0.1, 0.15) is 0 Å². The van der Waals surface area contributed by atoms with Gasteiger partial charge in [-0.25, -0.2) is 0 Å². The van der Waals surface area contributed by atoms with Crippen molar-refractivity contribution >= 4 is 61.7 Å². The zero-order chi connectivity index (χ0) is 15.0. The average Bonchev–Trinajstić information content (AvgIpc) is 2.88. The van der Waals surface area contributed by atoms with Gasteiger partial charge in [-0.2, -0.15) is 0 Å². The molecule has 1 aliphatic heterocycles. The first-order valence-corrected chi connectivity index (χ1v) is 8.15. The summed E-state index contributed by atoms with van der Waals surface area (Å²) in [5.74, 6) is 0.894. The lowest BCUT2D eigenvalue weighted by Crippen LogP contribution is -2.13. The lowest BCUT2D eigenvalue weighted by atomic mass is 10.2. The first-order chi connectivity index (χ1) is 10.0. The molecule has 0 spiro atoms. The van der Waals surface area contributed by atoms with Crippen LogP contribution >= 0.6 is 50.1 Å². The summed E-state index contributed by atoms with van der Waals surface area (Å²) < 4.78 is 12.2. The second-order valence-electron chi connectivity index (χ2n) is 4.26. The van der Waals surface area contributed by atoms with E-state index in [0.717, 1.165) is 8.04 Å². The standard InChI is InChI=1S/C14H8BrClINO3/c15-9-2-1-7(17)3-8(9)14(19)18-11-5-13-12(4-10(11)16)20-6-21-13/h1-5H,6H2,(H,18,19). The van der Waals surface area contributed by atoms with E-state index in [4.69, 9.17) is 21.1 Å². The normalized spacial score (nSPS) is 12.3. The second kappa shape index (κ2) is 6.02. The van der Waals surface area contributed by atoms with Gasteiger partial charge in [0.15, 0.2) is 11.5 Å². The Hall–Kier alpha value is -0.990. The van der Waals surface area contributed by atoms with Crippen molar-refractivity contribution in [2.75, 3.05) is 12.1 Å². The largest absolute Gasteiger partial charge is 0.454 e. The number of rotatable bonds is 2. The molecule has 4 nitrogen and oxygen atoms in total. The second-order valence-corrected chi connectivity index (χ2v) is 6.77. The molecule has 0 saturated heterocycles. The molecule has 108 valence electrons. The van der Waals surface area contributed by atoms with E-state index < -0.39 is 0 Å². The van der Waals surface area contributed by atoms with Crippen LogP contribution in [-0.4, -0.2) is 12.7 Å². The van der Waals surface area contributed by atoms with E-state index in [1.165, 1.54) is 0 Å². The lowest BCUT2D eigenvalue weighted by Gasteiger charge is -2.10. The van der Waals surface area contributed by atoms with Crippen LogP contribution in [-0.2, 0) is 0 Å². The molecule has 3 rings (SSSR count). The number of carbonyl (C=O) groups excluding carboxylic acids is 1. The number of hydrogen-bond acceptors (Lipinski definition) is 3. The molecule has 1 N–H and O–H groups in total. The lowest BCUT2D eigenvalue weighted by molar-refractivity contribution is 0.102. The number of hydrogen-bond donors (Lipinski definition) is 1. The third-order valence-electron chi connectivity index (χ3n) is 2.88. The van der Waals surface area contributed by atoms with E-state index in [9.17, 15) is 4.79 Å². The summed E-state index contributed by atoms with van der Waals surface area (Å²) in [4.78, 5) is 12.4. The highest BCUT2D eigenvalue weighted by molar-refractivity contribution is 14.1. The van der Waals surface area contributed by atoms with Crippen LogP contribution in [0.1, 0.15) is 10.4 Å². The predicted octanol–water partition coefficient (Wildman–Crippen LogP) is 4.69. The molecule has 0 aliphatic carbocycles. The number of amides is 1. The molecule has 1 heterocycles. The molecular formula is C14H8BrClINO3. The maximum absolute atomic E-state index is 12.4. The molecule has 2 aromatic rings. The van der Waals surface area contributed by atoms with Crippen molar-refractivity contribution in [1.29, 1.82) is 0 Å². The summed E-state index contributed by atoms with van der Waals surface area (Å²) in [7, 11) is 0. The summed E-state index contributed by atoms with van der Waals surface area (Å²) in [6.07, 6.45) is 0. The minimum atomic E-state index is -0.249. The molecule has 7 heteroatoms. The van der Waals surface area contributed by atoms with E-state index in [0.29, 0.717) is 27.8 Å². The van der Waals surface area contributed by atoms with Gasteiger partial charge >= 0.3 is 0 Å². The van der Waals surface area contributed by atoms with Crippen LogP contribution in [0, 0.1) is 3.57 Å². The van der Waals surface area contributed by atoms with Crippen LogP contribution in [0.4, 0.5) is 5.69 Å². The van der Waals surface area contributed by atoms with Crippen LogP contribution in [0.2, 0.25) is 5.02 Å². The van der Waals surface area contributed by atoms with Crippen molar-refractivity contribution < 1.29 is 14.3 Å². The first-order valence-electron chi connectivity index (χ1n) is 5.90. The fourth-order valence-electron chi connectivity index (χ4n) is 1.87. The molecular weight excluding hydrogens is 472 g/mol. The van der Waals surface area contributed by atoms with Gasteiger partial charge in [-0.3, -0.25) is 4.79 Å². The smallest absolute Gasteiger partial charge is 0.256 e. The average molecular weight is 480 g/mol. The Balaban J connectivity index is 1.90. The van der Waals surface area contributed by atoms with Gasteiger partial charge in [0, 0.05) is 20.2 Å². The van der Waals surface area contributed by atoms with Gasteiger partial charge in [0.25, 0.3) is 5.91 Å². The molecule has 0 saturated carbocycles. The molecule has 1 amide bonds. The van der Waals surface area contributed by atoms with Crippen LogP contribution in [0.5, 0.6) is 11.5 Å². The zero-order valence-corrected chi connectivity index (χ0v) is 15.0. The Kier molecular flexibility index (Phi) is 4.28. The Morgan fingerprint density at radius 2 is 1.95 bits per heavy atom. The summed E-state index contributed by atoms with van der Waals surface area (Å²) in [6.45, 7) is 0.158. The topological polar surface area (TPSA) is 47.6 Å². The zero-order valence-electron chi connectivity index (χ0n) is 10.5. The van der Waals surface area contributed by atoms with Crippen molar-refractivity contribution in [2.45, 2.75) is 0 Å². The maximum atomic E-state index is 12.4. The number of benzene rings is 2. The van der Waals surface area contributed by atoms with E-state index in [1.807, 2.05) is 12.1 Å². The van der Waals surface area contributed by atoms with Gasteiger partial charge in [-0.1, -0.05) is 11.6 Å². The summed E-state index contributed by atoms with van der Waals surface area (Å²) in [5.41, 5.74) is 1.02. The fraction of sp³-hybridized carbons (Fsp3) is 0.0714. The van der Waals surface area contributed by atoms with Gasteiger partial charge in [-0.05, 0) is 56.7 Å². The highest BCUT2D eigenvalue weighted by Gasteiger charge is 2.19. The quantitative estimate of drug-likeness (QED) is 0.635. The Morgan fingerprint density at radius 1 is 1.24 bits per heavy atom. The summed E-state index contributed by atoms with van der Waals surface area (Å²) in [6, 6.07) is 8.82. The van der Waals surface area contributed by atoms with E-state index >= 15 is 0 Å². The number of ether oxygens (including phenoxy) is 2. The minimum absolute atomic E-state index is 0.158. The van der Waals surface area contributed by atoms with E-state index in [-0.39, 0.29) is 12.7 Å². The number of halogens is 3. The van der Waals surface area contributed by atoms with Gasteiger partial charge in [0.2, 0.25) is 6.79 Å². The van der Waals surface area contributed by atoms with Gasteiger partial charge in [-0.15, -0.1) is 0 Å². The Labute approximate surface area is 148 Å². The Bertz CT molecular complexity index is 738. The van der Waals surface area contributed by atoms with E-state index in [1.54, 1.807) is 18.2 Å². The SMILES string of the molecule is O=C(Nc1cc2c(cc1Cl)OCO2)c1cc(I)ccc1Br. The number of anilines is 1. The summed E-state index contributed by atoms with van der Waals surface area (Å²) in [5, 5.41) is 3.18. The Morgan fingerprint density at radius 3 is 2.71 bits per heavy atom. The van der Waals surface area contributed by atoms with Crippen LogP contribution in [0.3, 0.4) is 0 Å². The van der Waals surface area contributed by atoms with Crippen LogP contribution in [0.25, 0.3) is 0 Å². The van der Waals surface area contributed by atoms with Gasteiger partial charge in [0.05, 0.1) is 16.3 Å². The highest BCUT2D eigenvalue weighted by atomic mass is 127. The molecule has 2 aromatic carbocycles. The molecule has 0 bridgehead atoms. The minimum Gasteiger partial charge on any atom is -0.454 e. The fourth-order valence-corrected chi connectivity index (χ4v) is 2.99. The molecule has 0 unspecified atom stereocenters. The maximum Gasteiger partial charge on any atom is 0.256 e. The monoisotopic (exact) mass is 479 g/mol. The molecule has 21 heavy (non-hydrogen) atoms. The molecule has 0 fully saturated rings. The molecule has 0 aromatic heterocycles. The predicted molar refractivity (Wildman–Crippen MR) is 92.4 cm³/mol. The molecule has 1 aliphatic rings. The van der Waals surface area contributed by atoms with Crippen LogP contribution in [0.15, 0.2) is 34.8 Å². The van der Waals surface area contributed by atoms with E-state index in [2.05, 4.69) is 43.8 Å². The number of nitrogens with one attached hydrogen (secondary N) is 1. The van der Waals surface area contributed by atoms with Crippen molar-refractivity contribution in [3.8, 4) is 11.5 Å². The van der Waals surface area contributed by atoms with Crippen molar-refractivity contribution in [3.63, 3.8) is 0 Å². The van der Waals surface area contributed by atoms with Crippen molar-refractivity contribution in [2.24, 2.45) is 0 Å². The molecule has 0 radical (unpaired) electrons.